The number of likely N-dealkylation sites (N-methyl/N-ethyl adjacent to an activating group) is 1. The van der Waals surface area contributed by atoms with Crippen molar-refractivity contribution in [3.8, 4) is 0 Å². The zero-order valence-corrected chi connectivity index (χ0v) is 11.7. The van der Waals surface area contributed by atoms with Crippen LogP contribution in [0.3, 0.4) is 0 Å². The van der Waals surface area contributed by atoms with Crippen LogP contribution in [0, 0.1) is 0 Å². The summed E-state index contributed by atoms with van der Waals surface area (Å²) < 4.78 is 0. The Balaban J connectivity index is 2.19. The van der Waals surface area contributed by atoms with E-state index in [4.69, 9.17) is 5.11 Å². The average molecular weight is 277 g/mol. The molecule has 1 aromatic carbocycles. The van der Waals surface area contributed by atoms with Crippen molar-refractivity contribution in [2.24, 2.45) is 0 Å². The van der Waals surface area contributed by atoms with Gasteiger partial charge in [0.25, 0.3) is 0 Å². The lowest BCUT2D eigenvalue weighted by Gasteiger charge is -2.36. The first-order chi connectivity index (χ1) is 9.54. The maximum absolute atomic E-state index is 12.3. The molecule has 0 fully saturated rings. The molecule has 0 radical (unpaired) electrons. The molecule has 2 rings (SSSR count). The highest BCUT2D eigenvalue weighted by Gasteiger charge is 2.27. The molecular formula is C14H19N3O3. The lowest BCUT2D eigenvalue weighted by molar-refractivity contribution is -0.139. The lowest BCUT2D eigenvalue weighted by Crippen LogP contribution is -2.51. The molecule has 20 heavy (non-hydrogen) atoms. The number of carbonyl (C=O) groups is 2. The predicted octanol–water partition coefficient (Wildman–Crippen LogP) is 1.52. The smallest absolute Gasteiger partial charge is 0.326 e. The number of rotatable bonds is 3. The number of para-hydroxylation sites is 2. The molecule has 2 amide bonds. The van der Waals surface area contributed by atoms with E-state index in [1.54, 1.807) is 11.8 Å². The second-order valence-electron chi connectivity index (χ2n) is 4.81. The molecular weight excluding hydrogens is 258 g/mol. The van der Waals surface area contributed by atoms with Crippen LogP contribution in [0.5, 0.6) is 0 Å². The molecule has 6 heteroatoms. The number of amides is 2. The Morgan fingerprint density at radius 2 is 1.95 bits per heavy atom. The molecule has 0 unspecified atom stereocenters. The summed E-state index contributed by atoms with van der Waals surface area (Å²) in [7, 11) is 1.97. The quantitative estimate of drug-likeness (QED) is 0.878. The fraction of sp³-hybridized carbons (Fsp3) is 0.429. The van der Waals surface area contributed by atoms with Gasteiger partial charge in [0, 0.05) is 20.1 Å². The summed E-state index contributed by atoms with van der Waals surface area (Å²) in [4.78, 5) is 27.0. The third-order valence-corrected chi connectivity index (χ3v) is 3.49. The number of nitrogens with one attached hydrogen (secondary N) is 1. The van der Waals surface area contributed by atoms with Gasteiger partial charge in [-0.25, -0.2) is 9.59 Å². The largest absolute Gasteiger partial charge is 0.480 e. The molecule has 6 nitrogen and oxygen atoms in total. The van der Waals surface area contributed by atoms with Gasteiger partial charge in [-0.2, -0.15) is 0 Å². The Morgan fingerprint density at radius 1 is 1.30 bits per heavy atom. The molecule has 108 valence electrons. The van der Waals surface area contributed by atoms with Gasteiger partial charge in [-0.3, -0.25) is 4.90 Å². The number of carboxylic acid groups (broad SMARTS) is 1. The molecule has 0 saturated carbocycles. The summed E-state index contributed by atoms with van der Waals surface area (Å²) in [6, 6.07) is 6.39. The van der Waals surface area contributed by atoms with Crippen LogP contribution in [-0.4, -0.2) is 43.3 Å². The number of urea groups is 1. The summed E-state index contributed by atoms with van der Waals surface area (Å²) >= 11 is 0. The van der Waals surface area contributed by atoms with Gasteiger partial charge in [-0.15, -0.1) is 0 Å². The number of aliphatic carboxylic acids is 1. The van der Waals surface area contributed by atoms with E-state index in [9.17, 15) is 9.59 Å². The maximum atomic E-state index is 12.3. The Bertz CT molecular complexity index is 518. The first kappa shape index (κ1) is 14.2. The number of carboxylic acids is 1. The van der Waals surface area contributed by atoms with Gasteiger partial charge in [0.1, 0.15) is 6.04 Å². The number of nitrogens with zero attached hydrogens (tertiary/aromatic N) is 2. The minimum absolute atomic E-state index is 0.358. The van der Waals surface area contributed by atoms with Gasteiger partial charge in [0.15, 0.2) is 0 Å². The second kappa shape index (κ2) is 5.81. The molecule has 1 aromatic rings. The average Bonchev–Trinajstić information content (AvgIpc) is 2.45. The molecule has 2 N–H and O–H groups in total. The lowest BCUT2D eigenvalue weighted by atomic mass is 10.2. The number of anilines is 2. The molecule has 1 heterocycles. The van der Waals surface area contributed by atoms with Crippen molar-refractivity contribution in [3.05, 3.63) is 24.3 Å². The van der Waals surface area contributed by atoms with Gasteiger partial charge >= 0.3 is 12.0 Å². The van der Waals surface area contributed by atoms with Gasteiger partial charge in [0.2, 0.25) is 0 Å². The zero-order valence-electron chi connectivity index (χ0n) is 11.7. The molecule has 0 saturated heterocycles. The van der Waals surface area contributed by atoms with Crippen LogP contribution in [0.4, 0.5) is 16.2 Å². The number of fused-ring (bicyclic) bond motifs is 1. The van der Waals surface area contributed by atoms with Crippen molar-refractivity contribution in [2.75, 3.05) is 29.9 Å². The Hall–Kier alpha value is -2.24. The number of hydrogen-bond acceptors (Lipinski definition) is 3. The third-order valence-electron chi connectivity index (χ3n) is 3.49. The molecule has 1 aliphatic rings. The molecule has 0 aromatic heterocycles. The van der Waals surface area contributed by atoms with E-state index in [1.165, 1.54) is 0 Å². The van der Waals surface area contributed by atoms with E-state index in [-0.39, 0.29) is 6.03 Å². The van der Waals surface area contributed by atoms with E-state index in [1.807, 2.05) is 31.3 Å². The van der Waals surface area contributed by atoms with Crippen LogP contribution in [0.15, 0.2) is 24.3 Å². The maximum Gasteiger partial charge on any atom is 0.326 e. The number of benzene rings is 1. The standard InChI is InChI=1S/C14H19N3O3/c1-3-10(13(18)19)15-14(20)17-9-8-16(2)11-6-4-5-7-12(11)17/h4-7,10H,3,8-9H2,1-2H3,(H,15,20)(H,18,19)/t10-/m1/s1. The van der Waals surface area contributed by atoms with Crippen molar-refractivity contribution < 1.29 is 14.7 Å². The van der Waals surface area contributed by atoms with Crippen molar-refractivity contribution >= 4 is 23.4 Å². The Morgan fingerprint density at radius 3 is 2.55 bits per heavy atom. The number of carbonyl (C=O) groups excluding carboxylic acids is 1. The molecule has 0 aliphatic carbocycles. The van der Waals surface area contributed by atoms with Crippen LogP contribution < -0.4 is 15.1 Å². The Labute approximate surface area is 118 Å². The topological polar surface area (TPSA) is 72.9 Å². The monoisotopic (exact) mass is 277 g/mol. The summed E-state index contributed by atoms with van der Waals surface area (Å²) in [6.07, 6.45) is 0.358. The van der Waals surface area contributed by atoms with Crippen molar-refractivity contribution in [2.45, 2.75) is 19.4 Å². The van der Waals surface area contributed by atoms with Crippen LogP contribution in [-0.2, 0) is 4.79 Å². The van der Waals surface area contributed by atoms with E-state index < -0.39 is 12.0 Å². The fourth-order valence-electron chi connectivity index (χ4n) is 2.28. The van der Waals surface area contributed by atoms with Crippen molar-refractivity contribution in [1.82, 2.24) is 5.32 Å². The zero-order chi connectivity index (χ0) is 14.7. The van der Waals surface area contributed by atoms with Crippen molar-refractivity contribution in [3.63, 3.8) is 0 Å². The molecule has 0 spiro atoms. The second-order valence-corrected chi connectivity index (χ2v) is 4.81. The number of hydrogen-bond donors (Lipinski definition) is 2. The highest BCUT2D eigenvalue weighted by molar-refractivity contribution is 5.98. The minimum Gasteiger partial charge on any atom is -0.480 e. The van der Waals surface area contributed by atoms with Crippen LogP contribution in [0.25, 0.3) is 0 Å². The SMILES string of the molecule is CC[C@@H](NC(=O)N1CCN(C)c2ccccc21)C(=O)O. The summed E-state index contributed by atoms with van der Waals surface area (Å²) in [5.41, 5.74) is 1.77. The highest BCUT2D eigenvalue weighted by atomic mass is 16.4. The van der Waals surface area contributed by atoms with Gasteiger partial charge in [-0.05, 0) is 18.6 Å². The molecule has 1 atom stereocenters. The summed E-state index contributed by atoms with van der Waals surface area (Å²) in [5, 5.41) is 11.6. The molecule has 1 aliphatic heterocycles. The first-order valence-corrected chi connectivity index (χ1v) is 6.65. The van der Waals surface area contributed by atoms with E-state index in [0.717, 1.165) is 11.4 Å². The van der Waals surface area contributed by atoms with Crippen LogP contribution >= 0.6 is 0 Å². The summed E-state index contributed by atoms with van der Waals surface area (Å²) in [6.45, 7) is 2.99. The third kappa shape index (κ3) is 2.68. The van der Waals surface area contributed by atoms with Gasteiger partial charge in [-0.1, -0.05) is 19.1 Å². The first-order valence-electron chi connectivity index (χ1n) is 6.65. The predicted molar refractivity (Wildman–Crippen MR) is 77.3 cm³/mol. The minimum atomic E-state index is -1.01. The summed E-state index contributed by atoms with van der Waals surface area (Å²) in [5.74, 6) is -1.01. The van der Waals surface area contributed by atoms with Crippen LogP contribution in [0.2, 0.25) is 0 Å². The normalized spacial score (nSPS) is 15.5. The van der Waals surface area contributed by atoms with E-state index >= 15 is 0 Å². The highest BCUT2D eigenvalue weighted by Crippen LogP contribution is 2.31. The van der Waals surface area contributed by atoms with E-state index in [0.29, 0.717) is 19.5 Å². The van der Waals surface area contributed by atoms with Gasteiger partial charge < -0.3 is 15.3 Å². The molecule has 0 bridgehead atoms. The van der Waals surface area contributed by atoms with E-state index in [2.05, 4.69) is 10.2 Å². The van der Waals surface area contributed by atoms with Crippen molar-refractivity contribution in [1.29, 1.82) is 0 Å². The van der Waals surface area contributed by atoms with Crippen LogP contribution in [0.1, 0.15) is 13.3 Å². The fourth-order valence-corrected chi connectivity index (χ4v) is 2.28. The van der Waals surface area contributed by atoms with Gasteiger partial charge in [0.05, 0.1) is 11.4 Å². The Kier molecular flexibility index (Phi) is 4.12.